The van der Waals surface area contributed by atoms with E-state index in [1.54, 1.807) is 0 Å². The van der Waals surface area contributed by atoms with Gasteiger partial charge in [0, 0.05) is 18.2 Å². The second-order valence-electron chi connectivity index (χ2n) is 5.90. The van der Waals surface area contributed by atoms with Gasteiger partial charge in [0.1, 0.15) is 0 Å². The van der Waals surface area contributed by atoms with Gasteiger partial charge in [0.2, 0.25) is 5.91 Å². The summed E-state index contributed by atoms with van der Waals surface area (Å²) in [5.74, 6) is 0.953. The largest absolute Gasteiger partial charge is 0.399 e. The summed E-state index contributed by atoms with van der Waals surface area (Å²) in [4.78, 5) is 12.0. The van der Waals surface area contributed by atoms with Gasteiger partial charge in [-0.25, -0.2) is 0 Å². The summed E-state index contributed by atoms with van der Waals surface area (Å²) >= 11 is 0. The van der Waals surface area contributed by atoms with Gasteiger partial charge in [-0.05, 0) is 36.8 Å². The molecule has 2 unspecified atom stereocenters. The summed E-state index contributed by atoms with van der Waals surface area (Å²) in [7, 11) is 0. The molecule has 21 heavy (non-hydrogen) atoms. The standard InChI is InChI=1S/C17H26N2O.ClH/c1-2-13-6-5-8-15(12-13)19-17(20)11-10-14-7-3-4-9-16(14)18;/h3-4,7,9,13,15H,2,5-6,8,10-12,18H2,1H3,(H,19,20);1H. The van der Waals surface area contributed by atoms with E-state index in [-0.39, 0.29) is 18.3 Å². The number of hydrogen-bond acceptors (Lipinski definition) is 2. The lowest BCUT2D eigenvalue weighted by molar-refractivity contribution is -0.122. The quantitative estimate of drug-likeness (QED) is 0.815. The molecule has 1 fully saturated rings. The number of halogens is 1. The predicted octanol–water partition coefficient (Wildman–Crippen LogP) is 3.71. The average Bonchev–Trinajstić information content (AvgIpc) is 2.46. The fourth-order valence-corrected chi connectivity index (χ4v) is 3.10. The molecule has 3 nitrogen and oxygen atoms in total. The first-order valence-electron chi connectivity index (χ1n) is 7.81. The first-order valence-corrected chi connectivity index (χ1v) is 7.81. The molecular weight excluding hydrogens is 284 g/mol. The second kappa shape index (κ2) is 8.93. The Balaban J connectivity index is 0.00000220. The molecule has 0 saturated heterocycles. The van der Waals surface area contributed by atoms with Gasteiger partial charge >= 0.3 is 0 Å². The number of hydrogen-bond donors (Lipinski definition) is 2. The van der Waals surface area contributed by atoms with Crippen molar-refractivity contribution in [3.05, 3.63) is 29.8 Å². The first kappa shape index (κ1) is 17.8. The van der Waals surface area contributed by atoms with Crippen LogP contribution in [0.2, 0.25) is 0 Å². The van der Waals surface area contributed by atoms with Crippen molar-refractivity contribution in [2.75, 3.05) is 5.73 Å². The van der Waals surface area contributed by atoms with E-state index in [0.717, 1.165) is 36.4 Å². The molecule has 4 heteroatoms. The van der Waals surface area contributed by atoms with Gasteiger partial charge in [-0.1, -0.05) is 44.4 Å². The molecule has 0 bridgehead atoms. The van der Waals surface area contributed by atoms with Crippen LogP contribution in [-0.4, -0.2) is 11.9 Å². The predicted molar refractivity (Wildman–Crippen MR) is 90.6 cm³/mol. The average molecular weight is 311 g/mol. The van der Waals surface area contributed by atoms with Crippen LogP contribution in [0.1, 0.15) is 51.0 Å². The lowest BCUT2D eigenvalue weighted by Crippen LogP contribution is -2.38. The fourth-order valence-electron chi connectivity index (χ4n) is 3.10. The zero-order valence-corrected chi connectivity index (χ0v) is 13.6. The number of aryl methyl sites for hydroxylation is 1. The van der Waals surface area contributed by atoms with E-state index in [4.69, 9.17) is 5.73 Å². The van der Waals surface area contributed by atoms with Crippen molar-refractivity contribution < 1.29 is 4.79 Å². The highest BCUT2D eigenvalue weighted by atomic mass is 35.5. The third-order valence-electron chi connectivity index (χ3n) is 4.40. The second-order valence-corrected chi connectivity index (χ2v) is 5.90. The van der Waals surface area contributed by atoms with E-state index in [2.05, 4.69) is 12.2 Å². The Morgan fingerprint density at radius 1 is 1.33 bits per heavy atom. The van der Waals surface area contributed by atoms with Gasteiger partial charge in [0.15, 0.2) is 0 Å². The van der Waals surface area contributed by atoms with Crippen molar-refractivity contribution in [1.29, 1.82) is 0 Å². The molecule has 1 amide bonds. The molecule has 3 N–H and O–H groups in total. The van der Waals surface area contributed by atoms with E-state index in [9.17, 15) is 4.79 Å². The summed E-state index contributed by atoms with van der Waals surface area (Å²) < 4.78 is 0. The number of nitrogens with one attached hydrogen (secondary N) is 1. The molecule has 0 radical (unpaired) electrons. The molecule has 0 spiro atoms. The highest BCUT2D eigenvalue weighted by Crippen LogP contribution is 2.26. The Bertz CT molecular complexity index is 450. The Kier molecular flexibility index (Phi) is 7.58. The minimum Gasteiger partial charge on any atom is -0.399 e. The Labute approximate surface area is 134 Å². The number of rotatable bonds is 5. The molecule has 0 aromatic heterocycles. The maximum atomic E-state index is 12.0. The van der Waals surface area contributed by atoms with Crippen LogP contribution in [-0.2, 0) is 11.2 Å². The maximum absolute atomic E-state index is 12.0. The van der Waals surface area contributed by atoms with E-state index >= 15 is 0 Å². The SMILES string of the molecule is CCC1CCCC(NC(=O)CCc2ccccc2N)C1.Cl. The molecule has 1 aliphatic carbocycles. The molecule has 0 heterocycles. The number of nitrogen functional groups attached to an aromatic ring is 1. The summed E-state index contributed by atoms with van der Waals surface area (Å²) in [6.07, 6.45) is 7.33. The summed E-state index contributed by atoms with van der Waals surface area (Å²) in [6, 6.07) is 8.16. The van der Waals surface area contributed by atoms with Crippen LogP contribution in [0.25, 0.3) is 0 Å². The van der Waals surface area contributed by atoms with Crippen LogP contribution < -0.4 is 11.1 Å². The Morgan fingerprint density at radius 2 is 2.10 bits per heavy atom. The van der Waals surface area contributed by atoms with Gasteiger partial charge in [0.05, 0.1) is 0 Å². The lowest BCUT2D eigenvalue weighted by Gasteiger charge is -2.29. The highest BCUT2D eigenvalue weighted by molar-refractivity contribution is 5.85. The lowest BCUT2D eigenvalue weighted by atomic mass is 9.84. The summed E-state index contributed by atoms with van der Waals surface area (Å²) in [5.41, 5.74) is 7.74. The highest BCUT2D eigenvalue weighted by Gasteiger charge is 2.21. The van der Waals surface area contributed by atoms with Gasteiger partial charge < -0.3 is 11.1 Å². The van der Waals surface area contributed by atoms with Crippen LogP contribution in [0.15, 0.2) is 24.3 Å². The van der Waals surface area contributed by atoms with E-state index in [1.807, 2.05) is 24.3 Å². The molecule has 1 aromatic rings. The van der Waals surface area contributed by atoms with Crippen molar-refractivity contribution in [3.63, 3.8) is 0 Å². The zero-order valence-electron chi connectivity index (χ0n) is 12.8. The number of carbonyl (C=O) groups is 1. The van der Waals surface area contributed by atoms with Crippen LogP contribution in [0.5, 0.6) is 0 Å². The van der Waals surface area contributed by atoms with Crippen molar-refractivity contribution >= 4 is 24.0 Å². The third kappa shape index (κ3) is 5.58. The summed E-state index contributed by atoms with van der Waals surface area (Å²) in [6.45, 7) is 2.24. The normalized spacial score (nSPS) is 21.4. The van der Waals surface area contributed by atoms with Crippen molar-refractivity contribution in [3.8, 4) is 0 Å². The van der Waals surface area contributed by atoms with Crippen molar-refractivity contribution in [2.24, 2.45) is 5.92 Å². The van der Waals surface area contributed by atoms with Crippen LogP contribution in [0.3, 0.4) is 0 Å². The minimum atomic E-state index is 0. The summed E-state index contributed by atoms with van der Waals surface area (Å²) in [5, 5.41) is 3.19. The Hall–Kier alpha value is -1.22. The van der Waals surface area contributed by atoms with Gasteiger partial charge in [-0.2, -0.15) is 0 Å². The van der Waals surface area contributed by atoms with Gasteiger partial charge in [-0.3, -0.25) is 4.79 Å². The van der Waals surface area contributed by atoms with Gasteiger partial charge in [0.25, 0.3) is 0 Å². The zero-order chi connectivity index (χ0) is 14.4. The number of amides is 1. The number of carbonyl (C=O) groups excluding carboxylic acids is 1. The van der Waals surface area contributed by atoms with Crippen molar-refractivity contribution in [2.45, 2.75) is 57.9 Å². The fraction of sp³-hybridized carbons (Fsp3) is 0.588. The molecule has 1 aromatic carbocycles. The first-order chi connectivity index (χ1) is 9.69. The number of benzene rings is 1. The number of anilines is 1. The molecule has 2 rings (SSSR count). The van der Waals surface area contributed by atoms with Crippen molar-refractivity contribution in [1.82, 2.24) is 5.32 Å². The number of nitrogens with two attached hydrogens (primary N) is 1. The van der Waals surface area contributed by atoms with Gasteiger partial charge in [-0.15, -0.1) is 12.4 Å². The molecule has 0 aliphatic heterocycles. The molecule has 118 valence electrons. The monoisotopic (exact) mass is 310 g/mol. The molecule has 1 aliphatic rings. The topological polar surface area (TPSA) is 55.1 Å². The third-order valence-corrected chi connectivity index (χ3v) is 4.40. The molecular formula is C17H27ClN2O. The molecule has 2 atom stereocenters. The van der Waals surface area contributed by atoms with Crippen LogP contribution >= 0.6 is 12.4 Å². The number of para-hydroxylation sites is 1. The van der Waals surface area contributed by atoms with E-state index in [0.29, 0.717) is 12.5 Å². The molecule has 1 saturated carbocycles. The smallest absolute Gasteiger partial charge is 0.220 e. The van der Waals surface area contributed by atoms with Crippen LogP contribution in [0.4, 0.5) is 5.69 Å². The van der Waals surface area contributed by atoms with Crippen LogP contribution in [0, 0.1) is 5.92 Å². The maximum Gasteiger partial charge on any atom is 0.220 e. The van der Waals surface area contributed by atoms with E-state index < -0.39 is 0 Å². The minimum absolute atomic E-state index is 0. The van der Waals surface area contributed by atoms with E-state index in [1.165, 1.54) is 19.3 Å². The Morgan fingerprint density at radius 3 is 2.81 bits per heavy atom.